The summed E-state index contributed by atoms with van der Waals surface area (Å²) in [7, 11) is 3.20. The molecule has 3 rings (SSSR count). The van der Waals surface area contributed by atoms with Gasteiger partial charge in [0.05, 0.1) is 5.52 Å². The van der Waals surface area contributed by atoms with Crippen LogP contribution in [0.25, 0.3) is 21.5 Å². The van der Waals surface area contributed by atoms with Gasteiger partial charge in [-0.1, -0.05) is 32.9 Å². The summed E-state index contributed by atoms with van der Waals surface area (Å²) in [6, 6.07) is 7.57. The molecule has 0 amide bonds. The molecule has 0 atom stereocenters. The van der Waals surface area contributed by atoms with Crippen LogP contribution < -0.4 is 5.76 Å². The Labute approximate surface area is 102 Å². The largest absolute Gasteiger partial charge is 0.417 e. The monoisotopic (exact) mass is 267 g/mol. The summed E-state index contributed by atoms with van der Waals surface area (Å²) >= 11 is 5.09. The molecule has 0 saturated heterocycles. The summed E-state index contributed by atoms with van der Waals surface area (Å²) in [6.07, 6.45) is 0. The summed E-state index contributed by atoms with van der Waals surface area (Å²) in [5.41, 5.74) is 2.33. The van der Waals surface area contributed by atoms with E-state index in [1.54, 1.807) is 26.7 Å². The maximum atomic E-state index is 11.0. The summed E-state index contributed by atoms with van der Waals surface area (Å²) in [5.74, 6) is -0.426. The minimum atomic E-state index is -0.426. The van der Waals surface area contributed by atoms with Gasteiger partial charge in [-0.2, -0.15) is 0 Å². The zero-order valence-corrected chi connectivity index (χ0v) is 10.3. The molecule has 80 valence electrons. The molecule has 0 radical (unpaired) electrons. The Morgan fingerprint density at radius 3 is 2.88 bits per heavy atom. The number of nitrogens with one attached hydrogen (secondary N) is 1. The minimum absolute atomic E-state index is 0.426. The number of aromatic nitrogens is 1. The van der Waals surface area contributed by atoms with Crippen molar-refractivity contribution in [2.75, 3.05) is 0 Å². The lowest BCUT2D eigenvalue weighted by molar-refractivity contribution is 0.555. The highest BCUT2D eigenvalue weighted by Crippen LogP contribution is 2.30. The third-order valence-corrected chi connectivity index (χ3v) is 5.08. The maximum absolute atomic E-state index is 11.0. The van der Waals surface area contributed by atoms with E-state index in [1.807, 2.05) is 18.2 Å². The molecular weight excluding hydrogens is 262 g/mol. The van der Waals surface area contributed by atoms with E-state index in [2.05, 4.69) is 4.98 Å². The van der Waals surface area contributed by atoms with Gasteiger partial charge in [0.15, 0.2) is 5.58 Å². The molecule has 1 N–H and O–H groups in total. The first kappa shape index (κ1) is 9.95. The Kier molecular flexibility index (Phi) is 2.27. The molecule has 1 aromatic carbocycles. The van der Waals surface area contributed by atoms with Crippen molar-refractivity contribution in [2.45, 2.75) is 0 Å². The molecule has 0 unspecified atom stereocenters. The zero-order valence-electron chi connectivity index (χ0n) is 7.85. The molecule has 16 heavy (non-hydrogen) atoms. The molecule has 0 spiro atoms. The van der Waals surface area contributed by atoms with E-state index in [1.165, 1.54) is 0 Å². The van der Waals surface area contributed by atoms with E-state index < -0.39 is 5.76 Å². The highest BCUT2D eigenvalue weighted by molar-refractivity contribution is 7.80. The topological polar surface area (TPSA) is 46.0 Å². The van der Waals surface area contributed by atoms with Crippen LogP contribution in [0, 0.1) is 3.82 Å². The van der Waals surface area contributed by atoms with Crippen molar-refractivity contribution >= 4 is 44.0 Å². The summed E-state index contributed by atoms with van der Waals surface area (Å²) < 4.78 is 5.81. The highest BCUT2D eigenvalue weighted by atomic mass is 32.9. The van der Waals surface area contributed by atoms with Crippen molar-refractivity contribution in [1.82, 2.24) is 4.98 Å². The summed E-state index contributed by atoms with van der Waals surface area (Å²) in [4.78, 5) is 14.8. The van der Waals surface area contributed by atoms with E-state index in [-0.39, 0.29) is 0 Å². The molecule has 6 heteroatoms. The average Bonchev–Trinajstić information content (AvgIpc) is 2.81. The Balaban J connectivity index is 2.25. The second-order valence-electron chi connectivity index (χ2n) is 3.22. The molecule has 3 aromatic rings. The fraction of sp³-hybridized carbons (Fsp3) is 0. The summed E-state index contributed by atoms with van der Waals surface area (Å²) in [6.45, 7) is 0. The lowest BCUT2D eigenvalue weighted by atomic mass is 10.2. The normalized spacial score (nSPS) is 11.0. The maximum Gasteiger partial charge on any atom is 0.417 e. The first-order chi connectivity index (χ1) is 7.72. The van der Waals surface area contributed by atoms with Crippen LogP contribution in [0.4, 0.5) is 0 Å². The molecule has 0 aliphatic rings. The van der Waals surface area contributed by atoms with Gasteiger partial charge in [0.25, 0.3) is 0 Å². The predicted molar refractivity (Wildman–Crippen MR) is 68.9 cm³/mol. The molecule has 3 nitrogen and oxygen atoms in total. The first-order valence-electron chi connectivity index (χ1n) is 4.46. The van der Waals surface area contributed by atoms with Crippen molar-refractivity contribution in [3.63, 3.8) is 0 Å². The van der Waals surface area contributed by atoms with Gasteiger partial charge < -0.3 is 4.42 Å². The molecule has 2 aromatic heterocycles. The molecule has 2 heterocycles. The van der Waals surface area contributed by atoms with Crippen LogP contribution in [-0.4, -0.2) is 4.98 Å². The van der Waals surface area contributed by atoms with E-state index in [9.17, 15) is 4.79 Å². The van der Waals surface area contributed by atoms with Crippen molar-refractivity contribution in [3.05, 3.63) is 38.6 Å². The van der Waals surface area contributed by atoms with Crippen LogP contribution in [0.1, 0.15) is 0 Å². The number of fused-ring (bicyclic) bond motifs is 1. The third kappa shape index (κ3) is 1.64. The van der Waals surface area contributed by atoms with Gasteiger partial charge in [-0.05, 0) is 29.8 Å². The van der Waals surface area contributed by atoms with Gasteiger partial charge in [0.1, 0.15) is 3.82 Å². The average molecular weight is 267 g/mol. The van der Waals surface area contributed by atoms with E-state index in [0.717, 1.165) is 14.3 Å². The first-order valence-corrected chi connectivity index (χ1v) is 7.01. The number of rotatable bonds is 1. The number of benzene rings is 1. The second-order valence-corrected chi connectivity index (χ2v) is 6.13. The van der Waals surface area contributed by atoms with Gasteiger partial charge in [-0.15, -0.1) is 0 Å². The van der Waals surface area contributed by atoms with Gasteiger partial charge in [0.2, 0.25) is 0 Å². The number of oxazole rings is 1. The Morgan fingerprint density at radius 1 is 1.25 bits per heavy atom. The minimum Gasteiger partial charge on any atom is -0.408 e. The van der Waals surface area contributed by atoms with Crippen LogP contribution in [0.3, 0.4) is 0 Å². The van der Waals surface area contributed by atoms with Gasteiger partial charge >= 0.3 is 5.76 Å². The van der Waals surface area contributed by atoms with E-state index in [0.29, 0.717) is 11.1 Å². The van der Waals surface area contributed by atoms with Crippen LogP contribution in [-0.2, 0) is 0 Å². The molecule has 0 aliphatic carbocycles. The molecule has 0 saturated carbocycles. The van der Waals surface area contributed by atoms with Gasteiger partial charge in [-0.25, -0.2) is 4.79 Å². The zero-order chi connectivity index (χ0) is 11.1. The third-order valence-electron chi connectivity index (χ3n) is 2.17. The van der Waals surface area contributed by atoms with Gasteiger partial charge in [0, 0.05) is 4.88 Å². The van der Waals surface area contributed by atoms with Crippen molar-refractivity contribution in [3.8, 4) is 10.4 Å². The predicted octanol–water partition coefficient (Wildman–Crippen LogP) is 3.64. The molecular formula is C10H5NO2S3. The molecule has 0 fully saturated rings. The molecule has 0 aliphatic heterocycles. The van der Waals surface area contributed by atoms with E-state index in [4.69, 9.17) is 16.6 Å². The van der Waals surface area contributed by atoms with Crippen LogP contribution in [0.2, 0.25) is 0 Å². The molecule has 0 bridgehead atoms. The highest BCUT2D eigenvalue weighted by Gasteiger charge is 2.05. The smallest absolute Gasteiger partial charge is 0.408 e. The summed E-state index contributed by atoms with van der Waals surface area (Å²) in [5, 5.41) is 0. The second kappa shape index (κ2) is 3.65. The van der Waals surface area contributed by atoms with Crippen molar-refractivity contribution in [2.24, 2.45) is 0 Å². The fourth-order valence-electron chi connectivity index (χ4n) is 1.48. The fourth-order valence-corrected chi connectivity index (χ4v) is 3.87. The SMILES string of the molecule is O=c1[nH]c2cc(-c3cc(=S)ss3)ccc2o1. The van der Waals surface area contributed by atoms with Crippen molar-refractivity contribution in [1.29, 1.82) is 0 Å². The van der Waals surface area contributed by atoms with E-state index >= 15 is 0 Å². The number of H-pyrrole nitrogens is 1. The Bertz CT molecular complexity index is 762. The number of aromatic amines is 1. The van der Waals surface area contributed by atoms with Crippen LogP contribution in [0.15, 0.2) is 33.5 Å². The van der Waals surface area contributed by atoms with Crippen LogP contribution >= 0.6 is 32.9 Å². The number of hydrogen-bond donors (Lipinski definition) is 1. The van der Waals surface area contributed by atoms with Crippen molar-refractivity contribution < 1.29 is 4.42 Å². The van der Waals surface area contributed by atoms with Crippen LogP contribution in [0.5, 0.6) is 0 Å². The number of hydrogen-bond acceptors (Lipinski definition) is 5. The Morgan fingerprint density at radius 2 is 2.12 bits per heavy atom. The lowest BCUT2D eigenvalue weighted by Gasteiger charge is -1.94. The standard InChI is InChI=1S/C10H5NO2S3/c12-10-11-6-3-5(1-2-7(6)13-10)8-4-9(14)16-15-8/h1-4H,(H,11,12). The van der Waals surface area contributed by atoms with Gasteiger partial charge in [-0.3, -0.25) is 4.98 Å². The quantitative estimate of drug-likeness (QED) is 0.541. The Hall–Kier alpha value is -1.24. The lowest BCUT2D eigenvalue weighted by Crippen LogP contribution is -1.92.